The summed E-state index contributed by atoms with van der Waals surface area (Å²) in [6.45, 7) is 0.577. The van der Waals surface area contributed by atoms with Crippen LogP contribution in [0.2, 0.25) is 0 Å². The Morgan fingerprint density at radius 2 is 2.31 bits per heavy atom. The molecule has 0 saturated heterocycles. The third kappa shape index (κ3) is 2.47. The number of nitrogens with one attached hydrogen (secondary N) is 1. The predicted molar refractivity (Wildman–Crippen MR) is 59.1 cm³/mol. The van der Waals surface area contributed by atoms with Crippen molar-refractivity contribution >= 4 is 5.69 Å². The van der Waals surface area contributed by atoms with Gasteiger partial charge in [0.25, 0.3) is 0 Å². The van der Waals surface area contributed by atoms with E-state index in [4.69, 9.17) is 4.74 Å². The molecule has 0 radical (unpaired) electrons. The fraction of sp³-hybridized carbons (Fsp3) is 0.300. The number of aryl methyl sites for hydroxylation is 1. The summed E-state index contributed by atoms with van der Waals surface area (Å²) in [6, 6.07) is 3.69. The minimum atomic E-state index is 0.577. The Morgan fingerprint density at radius 1 is 1.44 bits per heavy atom. The third-order valence-corrected chi connectivity index (χ3v) is 2.04. The van der Waals surface area contributed by atoms with Crippen LogP contribution in [0.1, 0.15) is 5.82 Å². The van der Waals surface area contributed by atoms with Crippen LogP contribution in [0.3, 0.4) is 0 Å². The summed E-state index contributed by atoms with van der Waals surface area (Å²) in [6.07, 6.45) is 3.36. The lowest BCUT2D eigenvalue weighted by Gasteiger charge is -2.04. The van der Waals surface area contributed by atoms with Gasteiger partial charge in [-0.15, -0.1) is 0 Å². The molecule has 6 nitrogen and oxygen atoms in total. The molecule has 0 aliphatic heterocycles. The molecular weight excluding hydrogens is 206 g/mol. The van der Waals surface area contributed by atoms with Crippen LogP contribution in [-0.2, 0) is 13.6 Å². The van der Waals surface area contributed by atoms with E-state index in [-0.39, 0.29) is 0 Å². The minimum absolute atomic E-state index is 0.577. The fourth-order valence-electron chi connectivity index (χ4n) is 1.28. The van der Waals surface area contributed by atoms with Crippen LogP contribution >= 0.6 is 0 Å². The van der Waals surface area contributed by atoms with Gasteiger partial charge in [0.2, 0.25) is 5.88 Å². The van der Waals surface area contributed by atoms with E-state index in [0.717, 1.165) is 11.5 Å². The molecule has 0 atom stereocenters. The molecule has 2 aromatic heterocycles. The van der Waals surface area contributed by atoms with E-state index < -0.39 is 0 Å². The van der Waals surface area contributed by atoms with E-state index in [0.29, 0.717) is 12.4 Å². The molecule has 16 heavy (non-hydrogen) atoms. The van der Waals surface area contributed by atoms with Crippen LogP contribution < -0.4 is 10.1 Å². The summed E-state index contributed by atoms with van der Waals surface area (Å²) >= 11 is 0. The third-order valence-electron chi connectivity index (χ3n) is 2.04. The fourth-order valence-corrected chi connectivity index (χ4v) is 1.28. The maximum atomic E-state index is 5.02. The van der Waals surface area contributed by atoms with Crippen molar-refractivity contribution in [3.63, 3.8) is 0 Å². The first-order valence-electron chi connectivity index (χ1n) is 4.86. The Balaban J connectivity index is 1.99. The summed E-state index contributed by atoms with van der Waals surface area (Å²) < 4.78 is 6.70. The van der Waals surface area contributed by atoms with Gasteiger partial charge >= 0.3 is 0 Å². The Morgan fingerprint density at radius 3 is 3.00 bits per heavy atom. The molecule has 0 bridgehead atoms. The Hall–Kier alpha value is -2.11. The molecule has 1 N–H and O–H groups in total. The first-order valence-corrected chi connectivity index (χ1v) is 4.86. The van der Waals surface area contributed by atoms with Crippen LogP contribution in [0, 0.1) is 0 Å². The summed E-state index contributed by atoms with van der Waals surface area (Å²) in [5.74, 6) is 1.33. The molecule has 0 spiro atoms. The average Bonchev–Trinajstić information content (AvgIpc) is 2.73. The molecule has 2 rings (SSSR count). The van der Waals surface area contributed by atoms with Crippen molar-refractivity contribution in [2.45, 2.75) is 6.54 Å². The van der Waals surface area contributed by atoms with Crippen molar-refractivity contribution < 1.29 is 4.74 Å². The molecule has 0 aliphatic rings. The van der Waals surface area contributed by atoms with Crippen molar-refractivity contribution in [2.75, 3.05) is 12.4 Å². The number of ether oxygens (including phenoxy) is 1. The van der Waals surface area contributed by atoms with Gasteiger partial charge in [-0.1, -0.05) is 0 Å². The van der Waals surface area contributed by atoms with Gasteiger partial charge in [0.15, 0.2) is 5.82 Å². The van der Waals surface area contributed by atoms with Gasteiger partial charge in [0.1, 0.15) is 6.33 Å². The standard InChI is InChI=1S/C10H13N5O/c1-15-7-13-9(14-15)6-12-8-3-4-11-10(5-8)16-2/h3-5,7H,6H2,1-2H3,(H,11,12). The molecular formula is C10H13N5O. The van der Waals surface area contributed by atoms with Crippen LogP contribution in [0.4, 0.5) is 5.69 Å². The lowest BCUT2D eigenvalue weighted by Crippen LogP contribution is -2.02. The number of methoxy groups -OCH3 is 1. The topological polar surface area (TPSA) is 64.9 Å². The summed E-state index contributed by atoms with van der Waals surface area (Å²) in [5.41, 5.74) is 0.930. The van der Waals surface area contributed by atoms with Crippen molar-refractivity contribution in [3.8, 4) is 5.88 Å². The summed E-state index contributed by atoms with van der Waals surface area (Å²) in [4.78, 5) is 8.14. The number of nitrogens with zero attached hydrogens (tertiary/aromatic N) is 4. The molecule has 0 amide bonds. The predicted octanol–water partition coefficient (Wildman–Crippen LogP) is 0.831. The average molecular weight is 219 g/mol. The molecule has 0 fully saturated rings. The molecule has 0 unspecified atom stereocenters. The molecule has 2 aromatic rings. The van der Waals surface area contributed by atoms with Crippen LogP contribution in [0.25, 0.3) is 0 Å². The van der Waals surface area contributed by atoms with E-state index in [9.17, 15) is 0 Å². The normalized spacial score (nSPS) is 10.1. The van der Waals surface area contributed by atoms with E-state index in [1.54, 1.807) is 24.3 Å². The number of rotatable bonds is 4. The van der Waals surface area contributed by atoms with E-state index in [1.165, 1.54) is 0 Å². The van der Waals surface area contributed by atoms with Crippen molar-refractivity contribution in [1.29, 1.82) is 0 Å². The highest BCUT2D eigenvalue weighted by Crippen LogP contribution is 2.13. The number of hydrogen-bond acceptors (Lipinski definition) is 5. The van der Waals surface area contributed by atoms with E-state index in [2.05, 4.69) is 20.4 Å². The van der Waals surface area contributed by atoms with Gasteiger partial charge < -0.3 is 10.1 Å². The van der Waals surface area contributed by atoms with Gasteiger partial charge in [-0.05, 0) is 6.07 Å². The summed E-state index contributed by atoms with van der Waals surface area (Å²) in [7, 11) is 3.43. The van der Waals surface area contributed by atoms with Crippen LogP contribution in [0.5, 0.6) is 5.88 Å². The first-order chi connectivity index (χ1) is 7.78. The van der Waals surface area contributed by atoms with E-state index >= 15 is 0 Å². The highest BCUT2D eigenvalue weighted by Gasteiger charge is 2.00. The second-order valence-electron chi connectivity index (χ2n) is 3.27. The quantitative estimate of drug-likeness (QED) is 0.825. The van der Waals surface area contributed by atoms with Crippen LogP contribution in [0.15, 0.2) is 24.7 Å². The Labute approximate surface area is 93.3 Å². The molecule has 0 aliphatic carbocycles. The van der Waals surface area contributed by atoms with E-state index in [1.807, 2.05) is 19.2 Å². The molecule has 0 saturated carbocycles. The van der Waals surface area contributed by atoms with Crippen LogP contribution in [-0.4, -0.2) is 26.9 Å². The summed E-state index contributed by atoms with van der Waals surface area (Å²) in [5, 5.41) is 7.36. The molecule has 6 heteroatoms. The Kier molecular flexibility index (Phi) is 3.00. The largest absolute Gasteiger partial charge is 0.481 e. The number of hydrogen-bond donors (Lipinski definition) is 1. The molecule has 0 aromatic carbocycles. The van der Waals surface area contributed by atoms with Crippen molar-refractivity contribution in [3.05, 3.63) is 30.5 Å². The maximum Gasteiger partial charge on any atom is 0.214 e. The zero-order chi connectivity index (χ0) is 11.4. The zero-order valence-corrected chi connectivity index (χ0v) is 9.21. The highest BCUT2D eigenvalue weighted by atomic mass is 16.5. The first kappa shape index (κ1) is 10.4. The van der Waals surface area contributed by atoms with Gasteiger partial charge in [0, 0.05) is 25.0 Å². The minimum Gasteiger partial charge on any atom is -0.481 e. The maximum absolute atomic E-state index is 5.02. The monoisotopic (exact) mass is 219 g/mol. The molecule has 84 valence electrons. The zero-order valence-electron chi connectivity index (χ0n) is 9.21. The lowest BCUT2D eigenvalue weighted by atomic mass is 10.4. The number of aromatic nitrogens is 4. The van der Waals surface area contributed by atoms with Gasteiger partial charge in [0.05, 0.1) is 13.7 Å². The lowest BCUT2D eigenvalue weighted by molar-refractivity contribution is 0.398. The number of anilines is 1. The SMILES string of the molecule is COc1cc(NCc2ncn(C)n2)ccn1. The van der Waals surface area contributed by atoms with Gasteiger partial charge in [-0.3, -0.25) is 4.68 Å². The second kappa shape index (κ2) is 4.61. The number of pyridine rings is 1. The Bertz CT molecular complexity index is 468. The molecule has 2 heterocycles. The van der Waals surface area contributed by atoms with Crippen molar-refractivity contribution in [1.82, 2.24) is 19.7 Å². The van der Waals surface area contributed by atoms with Crippen molar-refractivity contribution in [2.24, 2.45) is 7.05 Å². The second-order valence-corrected chi connectivity index (χ2v) is 3.27. The van der Waals surface area contributed by atoms with Gasteiger partial charge in [-0.2, -0.15) is 5.10 Å². The van der Waals surface area contributed by atoms with Gasteiger partial charge in [-0.25, -0.2) is 9.97 Å². The smallest absolute Gasteiger partial charge is 0.214 e. The highest BCUT2D eigenvalue weighted by molar-refractivity contribution is 5.44.